The second-order valence-electron chi connectivity index (χ2n) is 3.13. The third-order valence-electron chi connectivity index (χ3n) is 1.94. The van der Waals surface area contributed by atoms with Crippen molar-refractivity contribution in [2.24, 2.45) is 0 Å². The molecule has 0 aliphatic carbocycles. The van der Waals surface area contributed by atoms with Gasteiger partial charge in [0.05, 0.1) is 0 Å². The molecule has 0 N–H and O–H groups in total. The molecular formula is C12H7BrCl2S. The van der Waals surface area contributed by atoms with Crippen LogP contribution in [0, 0.1) is 0 Å². The van der Waals surface area contributed by atoms with Crippen molar-refractivity contribution < 1.29 is 0 Å². The number of benzene rings is 2. The molecule has 0 nitrogen and oxygen atoms in total. The first kappa shape index (κ1) is 12.3. The molecule has 0 fully saturated rings. The van der Waals surface area contributed by atoms with E-state index in [0.29, 0.717) is 0 Å². The highest BCUT2D eigenvalue weighted by Gasteiger charge is 2.03. The fraction of sp³-hybridized carbons (Fsp3) is 0. The molecule has 0 unspecified atom stereocenters. The molecule has 0 aromatic heterocycles. The highest BCUT2D eigenvalue weighted by Crippen LogP contribution is 2.35. The van der Waals surface area contributed by atoms with Gasteiger partial charge < -0.3 is 0 Å². The maximum absolute atomic E-state index is 5.88. The van der Waals surface area contributed by atoms with Gasteiger partial charge in [-0.2, -0.15) is 0 Å². The third kappa shape index (κ3) is 3.17. The standard InChI is InChI=1S/C12H7BrCl2S/c13-11-7-9(15)3-6-12(11)16-10-4-1-8(14)2-5-10/h1-7H. The van der Waals surface area contributed by atoms with Crippen molar-refractivity contribution in [2.75, 3.05) is 0 Å². The Bertz CT molecular complexity index is 497. The zero-order valence-electron chi connectivity index (χ0n) is 8.08. The molecular weight excluding hydrogens is 327 g/mol. The maximum Gasteiger partial charge on any atom is 0.0418 e. The molecule has 0 spiro atoms. The maximum atomic E-state index is 5.88. The second-order valence-corrected chi connectivity index (χ2v) is 5.97. The van der Waals surface area contributed by atoms with Crippen molar-refractivity contribution in [3.05, 3.63) is 57.0 Å². The Hall–Kier alpha value is -0.150. The fourth-order valence-corrected chi connectivity index (χ4v) is 3.06. The molecule has 0 heterocycles. The van der Waals surface area contributed by atoms with Crippen molar-refractivity contribution in [3.8, 4) is 0 Å². The van der Waals surface area contributed by atoms with Crippen molar-refractivity contribution in [1.82, 2.24) is 0 Å². The molecule has 82 valence electrons. The Morgan fingerprint density at radius 2 is 1.50 bits per heavy atom. The van der Waals surface area contributed by atoms with Gasteiger partial charge in [-0.1, -0.05) is 35.0 Å². The summed E-state index contributed by atoms with van der Waals surface area (Å²) < 4.78 is 1.000. The summed E-state index contributed by atoms with van der Waals surface area (Å²) in [6.07, 6.45) is 0. The first-order valence-corrected chi connectivity index (χ1v) is 6.90. The number of halogens is 3. The fourth-order valence-electron chi connectivity index (χ4n) is 1.19. The summed E-state index contributed by atoms with van der Waals surface area (Å²) in [6.45, 7) is 0. The SMILES string of the molecule is Clc1ccc(Sc2ccc(Cl)cc2Br)cc1. The minimum atomic E-state index is 0.729. The minimum absolute atomic E-state index is 0.729. The summed E-state index contributed by atoms with van der Waals surface area (Å²) >= 11 is 16.9. The van der Waals surface area contributed by atoms with E-state index in [2.05, 4.69) is 15.9 Å². The van der Waals surface area contributed by atoms with Crippen LogP contribution in [0.5, 0.6) is 0 Å². The third-order valence-corrected chi connectivity index (χ3v) is 4.42. The predicted molar refractivity (Wildman–Crippen MR) is 74.7 cm³/mol. The zero-order valence-corrected chi connectivity index (χ0v) is 12.0. The lowest BCUT2D eigenvalue weighted by Gasteiger charge is -2.04. The quantitative estimate of drug-likeness (QED) is 0.658. The molecule has 4 heteroatoms. The highest BCUT2D eigenvalue weighted by atomic mass is 79.9. The van der Waals surface area contributed by atoms with Gasteiger partial charge in [0, 0.05) is 24.3 Å². The average molecular weight is 334 g/mol. The van der Waals surface area contributed by atoms with Gasteiger partial charge in [0.15, 0.2) is 0 Å². The Kier molecular flexibility index (Phi) is 4.20. The van der Waals surface area contributed by atoms with Crippen LogP contribution in [0.3, 0.4) is 0 Å². The van der Waals surface area contributed by atoms with Crippen molar-refractivity contribution in [1.29, 1.82) is 0 Å². The van der Waals surface area contributed by atoms with Gasteiger partial charge in [-0.25, -0.2) is 0 Å². The van der Waals surface area contributed by atoms with E-state index in [1.807, 2.05) is 42.5 Å². The normalized spacial score (nSPS) is 10.4. The second kappa shape index (κ2) is 5.46. The summed E-state index contributed by atoms with van der Waals surface area (Å²) in [5.74, 6) is 0. The summed E-state index contributed by atoms with van der Waals surface area (Å²) in [5.41, 5.74) is 0. The van der Waals surface area contributed by atoms with E-state index in [0.717, 1.165) is 24.3 Å². The molecule has 0 saturated heterocycles. The van der Waals surface area contributed by atoms with Gasteiger partial charge in [-0.15, -0.1) is 0 Å². The van der Waals surface area contributed by atoms with Crippen molar-refractivity contribution in [3.63, 3.8) is 0 Å². The molecule has 0 atom stereocenters. The van der Waals surface area contributed by atoms with E-state index in [9.17, 15) is 0 Å². The first-order chi connectivity index (χ1) is 7.65. The monoisotopic (exact) mass is 332 g/mol. The van der Waals surface area contributed by atoms with Crippen LogP contribution in [-0.4, -0.2) is 0 Å². The van der Waals surface area contributed by atoms with Crippen molar-refractivity contribution >= 4 is 50.9 Å². The largest absolute Gasteiger partial charge is 0.0889 e. The Morgan fingerprint density at radius 3 is 2.12 bits per heavy atom. The summed E-state index contributed by atoms with van der Waals surface area (Å²) in [4.78, 5) is 2.28. The van der Waals surface area contributed by atoms with Crippen LogP contribution in [-0.2, 0) is 0 Å². The molecule has 0 saturated carbocycles. The lowest BCUT2D eigenvalue weighted by molar-refractivity contribution is 1.37. The minimum Gasteiger partial charge on any atom is -0.0889 e. The van der Waals surface area contributed by atoms with E-state index >= 15 is 0 Å². The number of hydrogen-bond acceptors (Lipinski definition) is 1. The Morgan fingerprint density at radius 1 is 0.875 bits per heavy atom. The highest BCUT2D eigenvalue weighted by molar-refractivity contribution is 9.10. The molecule has 0 radical (unpaired) electrons. The Balaban J connectivity index is 2.23. The van der Waals surface area contributed by atoms with Crippen LogP contribution in [0.2, 0.25) is 10.0 Å². The van der Waals surface area contributed by atoms with E-state index in [-0.39, 0.29) is 0 Å². The lowest BCUT2D eigenvalue weighted by atomic mass is 10.4. The van der Waals surface area contributed by atoms with Crippen LogP contribution < -0.4 is 0 Å². The van der Waals surface area contributed by atoms with Crippen LogP contribution >= 0.6 is 50.9 Å². The van der Waals surface area contributed by atoms with E-state index in [4.69, 9.17) is 23.2 Å². The molecule has 16 heavy (non-hydrogen) atoms. The predicted octanol–water partition coefficient (Wildman–Crippen LogP) is 5.91. The molecule has 2 aromatic rings. The van der Waals surface area contributed by atoms with E-state index < -0.39 is 0 Å². The van der Waals surface area contributed by atoms with Gasteiger partial charge in [0.25, 0.3) is 0 Å². The van der Waals surface area contributed by atoms with Crippen LogP contribution in [0.4, 0.5) is 0 Å². The smallest absolute Gasteiger partial charge is 0.0418 e. The van der Waals surface area contributed by atoms with Crippen LogP contribution in [0.25, 0.3) is 0 Å². The first-order valence-electron chi connectivity index (χ1n) is 4.53. The molecule has 0 bridgehead atoms. The lowest BCUT2D eigenvalue weighted by Crippen LogP contribution is -1.76. The van der Waals surface area contributed by atoms with Gasteiger partial charge in [0.1, 0.15) is 0 Å². The van der Waals surface area contributed by atoms with Crippen LogP contribution in [0.15, 0.2) is 56.7 Å². The van der Waals surface area contributed by atoms with Gasteiger partial charge in [-0.3, -0.25) is 0 Å². The topological polar surface area (TPSA) is 0 Å². The summed E-state index contributed by atoms with van der Waals surface area (Å²) in [5, 5.41) is 1.48. The average Bonchev–Trinajstić information content (AvgIpc) is 2.25. The molecule has 0 amide bonds. The number of hydrogen-bond donors (Lipinski definition) is 0. The van der Waals surface area contributed by atoms with Crippen molar-refractivity contribution in [2.45, 2.75) is 9.79 Å². The zero-order chi connectivity index (χ0) is 11.5. The summed E-state index contributed by atoms with van der Waals surface area (Å²) in [7, 11) is 0. The van der Waals surface area contributed by atoms with Gasteiger partial charge >= 0.3 is 0 Å². The Labute approximate surface area is 117 Å². The number of rotatable bonds is 2. The molecule has 0 aliphatic rings. The molecule has 2 aromatic carbocycles. The van der Waals surface area contributed by atoms with Crippen LogP contribution in [0.1, 0.15) is 0 Å². The summed E-state index contributed by atoms with van der Waals surface area (Å²) in [6, 6.07) is 13.5. The van der Waals surface area contributed by atoms with Gasteiger partial charge in [-0.05, 0) is 58.4 Å². The van der Waals surface area contributed by atoms with E-state index in [1.54, 1.807) is 11.8 Å². The van der Waals surface area contributed by atoms with E-state index in [1.165, 1.54) is 0 Å². The van der Waals surface area contributed by atoms with Gasteiger partial charge in [0.2, 0.25) is 0 Å². The molecule has 0 aliphatic heterocycles. The molecule has 2 rings (SSSR count).